The monoisotopic (exact) mass is 359 g/mol. The zero-order valence-corrected chi connectivity index (χ0v) is 14.7. The molecule has 1 N–H and O–H groups in total. The second-order valence-electron chi connectivity index (χ2n) is 5.33. The van der Waals surface area contributed by atoms with Gasteiger partial charge in [0.1, 0.15) is 0 Å². The van der Waals surface area contributed by atoms with Crippen molar-refractivity contribution in [1.82, 2.24) is 14.9 Å². The number of carbonyl (C=O) groups is 1. The molecule has 0 bridgehead atoms. The maximum atomic E-state index is 12.0. The Balaban J connectivity index is 1.39. The van der Waals surface area contributed by atoms with E-state index >= 15 is 0 Å². The highest BCUT2D eigenvalue weighted by molar-refractivity contribution is 7.99. The van der Waals surface area contributed by atoms with Gasteiger partial charge < -0.3 is 9.88 Å². The van der Waals surface area contributed by atoms with Crippen molar-refractivity contribution in [2.24, 2.45) is 0 Å². The molecule has 0 fully saturated rings. The molecule has 0 unspecified atom stereocenters. The van der Waals surface area contributed by atoms with E-state index in [-0.39, 0.29) is 5.91 Å². The number of nitrogens with zero attached hydrogens (tertiary/aromatic N) is 2. The molecule has 1 amide bonds. The van der Waals surface area contributed by atoms with Crippen LogP contribution in [-0.4, -0.2) is 27.8 Å². The molecular weight excluding hydrogens is 342 g/mol. The lowest BCUT2D eigenvalue weighted by molar-refractivity contribution is -0.121. The maximum Gasteiger partial charge on any atom is 0.221 e. The van der Waals surface area contributed by atoms with Gasteiger partial charge in [0.05, 0.1) is 17.4 Å². The van der Waals surface area contributed by atoms with E-state index in [1.54, 1.807) is 18.1 Å². The summed E-state index contributed by atoms with van der Waals surface area (Å²) < 4.78 is 2.01. The SMILES string of the molecule is O=C(CCn1cnc2ccccc21)NCCSc1ccc(Cl)cc1. The van der Waals surface area contributed by atoms with E-state index in [0.717, 1.165) is 26.7 Å². The van der Waals surface area contributed by atoms with E-state index in [1.165, 1.54) is 0 Å². The average Bonchev–Trinajstić information content (AvgIpc) is 3.02. The zero-order chi connectivity index (χ0) is 16.8. The number of thioether (sulfide) groups is 1. The molecule has 3 rings (SSSR count). The molecular formula is C18H18ClN3OS. The predicted octanol–water partition coefficient (Wildman–Crippen LogP) is 3.99. The van der Waals surface area contributed by atoms with E-state index in [2.05, 4.69) is 10.3 Å². The van der Waals surface area contributed by atoms with Crippen molar-refractivity contribution < 1.29 is 4.79 Å². The Morgan fingerprint density at radius 1 is 1.17 bits per heavy atom. The first-order chi connectivity index (χ1) is 11.7. The number of hydrogen-bond donors (Lipinski definition) is 1. The molecule has 6 heteroatoms. The second kappa shape index (κ2) is 8.22. The van der Waals surface area contributed by atoms with Crippen LogP contribution in [-0.2, 0) is 11.3 Å². The Bertz CT molecular complexity index is 817. The highest BCUT2D eigenvalue weighted by atomic mass is 35.5. The highest BCUT2D eigenvalue weighted by Crippen LogP contribution is 2.19. The van der Waals surface area contributed by atoms with E-state index in [1.807, 2.05) is 53.1 Å². The summed E-state index contributed by atoms with van der Waals surface area (Å²) >= 11 is 7.56. The van der Waals surface area contributed by atoms with Gasteiger partial charge in [-0.25, -0.2) is 4.98 Å². The van der Waals surface area contributed by atoms with Crippen LogP contribution in [0.25, 0.3) is 11.0 Å². The third-order valence-corrected chi connectivity index (χ3v) is 4.88. The molecule has 0 saturated heterocycles. The van der Waals surface area contributed by atoms with Crippen LogP contribution in [0.5, 0.6) is 0 Å². The number of amides is 1. The number of aromatic nitrogens is 2. The first-order valence-electron chi connectivity index (χ1n) is 7.77. The Labute approximate surface area is 150 Å². The van der Waals surface area contributed by atoms with Crippen molar-refractivity contribution >= 4 is 40.3 Å². The molecule has 124 valence electrons. The van der Waals surface area contributed by atoms with Gasteiger partial charge in [-0.2, -0.15) is 0 Å². The van der Waals surface area contributed by atoms with Crippen molar-refractivity contribution in [3.8, 4) is 0 Å². The number of carbonyl (C=O) groups excluding carboxylic acids is 1. The Kier molecular flexibility index (Phi) is 5.77. The molecule has 2 aromatic carbocycles. The molecule has 0 atom stereocenters. The van der Waals surface area contributed by atoms with Crippen LogP contribution in [0.2, 0.25) is 5.02 Å². The van der Waals surface area contributed by atoms with Crippen molar-refractivity contribution in [2.75, 3.05) is 12.3 Å². The topological polar surface area (TPSA) is 46.9 Å². The van der Waals surface area contributed by atoms with Gasteiger partial charge in [-0.15, -0.1) is 11.8 Å². The summed E-state index contributed by atoms with van der Waals surface area (Å²) in [6.45, 7) is 1.29. The fraction of sp³-hybridized carbons (Fsp3) is 0.222. The van der Waals surface area contributed by atoms with Crippen molar-refractivity contribution in [3.05, 3.63) is 59.9 Å². The third kappa shape index (κ3) is 4.52. The standard InChI is InChI=1S/C18H18ClN3OS/c19-14-5-7-15(8-6-14)24-12-10-20-18(23)9-11-22-13-21-16-3-1-2-4-17(16)22/h1-8,13H,9-12H2,(H,20,23). The van der Waals surface area contributed by atoms with Gasteiger partial charge in [-0.3, -0.25) is 4.79 Å². The number of fused-ring (bicyclic) bond motifs is 1. The lowest BCUT2D eigenvalue weighted by Gasteiger charge is -2.07. The fourth-order valence-corrected chi connectivity index (χ4v) is 3.28. The highest BCUT2D eigenvalue weighted by Gasteiger charge is 2.05. The lowest BCUT2D eigenvalue weighted by atomic mass is 10.3. The number of nitrogens with one attached hydrogen (secondary N) is 1. The molecule has 1 aromatic heterocycles. The smallest absolute Gasteiger partial charge is 0.221 e. The Morgan fingerprint density at radius 2 is 1.96 bits per heavy atom. The summed E-state index contributed by atoms with van der Waals surface area (Å²) in [5, 5.41) is 3.69. The van der Waals surface area contributed by atoms with Gasteiger partial charge in [0, 0.05) is 35.2 Å². The summed E-state index contributed by atoms with van der Waals surface area (Å²) in [6, 6.07) is 15.6. The summed E-state index contributed by atoms with van der Waals surface area (Å²) in [5.74, 6) is 0.894. The number of para-hydroxylation sites is 2. The number of halogens is 1. The quantitative estimate of drug-likeness (QED) is 0.512. The summed E-state index contributed by atoms with van der Waals surface area (Å²) in [5.41, 5.74) is 2.01. The van der Waals surface area contributed by atoms with Crippen LogP contribution in [0.4, 0.5) is 0 Å². The molecule has 0 aliphatic carbocycles. The lowest BCUT2D eigenvalue weighted by Crippen LogP contribution is -2.26. The maximum absolute atomic E-state index is 12.0. The molecule has 0 saturated carbocycles. The second-order valence-corrected chi connectivity index (χ2v) is 6.93. The molecule has 1 heterocycles. The minimum Gasteiger partial charge on any atom is -0.355 e. The van der Waals surface area contributed by atoms with Crippen LogP contribution < -0.4 is 5.32 Å². The van der Waals surface area contributed by atoms with E-state index < -0.39 is 0 Å². The molecule has 4 nitrogen and oxygen atoms in total. The van der Waals surface area contributed by atoms with Gasteiger partial charge in [0.2, 0.25) is 5.91 Å². The average molecular weight is 360 g/mol. The first kappa shape index (κ1) is 16.9. The van der Waals surface area contributed by atoms with Gasteiger partial charge in [0.15, 0.2) is 0 Å². The molecule has 0 radical (unpaired) electrons. The number of rotatable bonds is 7. The summed E-state index contributed by atoms with van der Waals surface area (Å²) in [4.78, 5) is 17.4. The summed E-state index contributed by atoms with van der Waals surface area (Å²) in [7, 11) is 0. The van der Waals surface area contributed by atoms with E-state index in [0.29, 0.717) is 19.5 Å². The normalized spacial score (nSPS) is 10.9. The Hall–Kier alpha value is -1.98. The molecule has 0 spiro atoms. The molecule has 24 heavy (non-hydrogen) atoms. The fourth-order valence-electron chi connectivity index (χ4n) is 2.39. The minimum atomic E-state index is 0.0597. The minimum absolute atomic E-state index is 0.0597. The first-order valence-corrected chi connectivity index (χ1v) is 9.14. The van der Waals surface area contributed by atoms with Crippen LogP contribution in [0.3, 0.4) is 0 Å². The van der Waals surface area contributed by atoms with Crippen molar-refractivity contribution in [3.63, 3.8) is 0 Å². The van der Waals surface area contributed by atoms with Crippen LogP contribution in [0.1, 0.15) is 6.42 Å². The van der Waals surface area contributed by atoms with Gasteiger partial charge in [0.25, 0.3) is 0 Å². The van der Waals surface area contributed by atoms with Crippen molar-refractivity contribution in [2.45, 2.75) is 17.9 Å². The molecule has 3 aromatic rings. The van der Waals surface area contributed by atoms with Gasteiger partial charge >= 0.3 is 0 Å². The van der Waals surface area contributed by atoms with Crippen LogP contribution in [0, 0.1) is 0 Å². The number of aryl methyl sites for hydroxylation is 1. The van der Waals surface area contributed by atoms with Crippen LogP contribution in [0.15, 0.2) is 59.8 Å². The van der Waals surface area contributed by atoms with Crippen LogP contribution >= 0.6 is 23.4 Å². The van der Waals surface area contributed by atoms with E-state index in [9.17, 15) is 4.79 Å². The summed E-state index contributed by atoms with van der Waals surface area (Å²) in [6.07, 6.45) is 2.24. The zero-order valence-electron chi connectivity index (χ0n) is 13.1. The molecule has 0 aliphatic heterocycles. The third-order valence-electron chi connectivity index (χ3n) is 3.61. The number of hydrogen-bond acceptors (Lipinski definition) is 3. The predicted molar refractivity (Wildman–Crippen MR) is 99.5 cm³/mol. The number of imidazole rings is 1. The number of benzene rings is 2. The largest absolute Gasteiger partial charge is 0.355 e. The Morgan fingerprint density at radius 3 is 2.79 bits per heavy atom. The van der Waals surface area contributed by atoms with Gasteiger partial charge in [-0.1, -0.05) is 23.7 Å². The molecule has 0 aliphatic rings. The van der Waals surface area contributed by atoms with E-state index in [4.69, 9.17) is 11.6 Å². The van der Waals surface area contributed by atoms with Gasteiger partial charge in [-0.05, 0) is 36.4 Å². The van der Waals surface area contributed by atoms with Crippen molar-refractivity contribution in [1.29, 1.82) is 0 Å².